The lowest BCUT2D eigenvalue weighted by atomic mass is 9.94. The highest BCUT2D eigenvalue weighted by Gasteiger charge is 2.29. The van der Waals surface area contributed by atoms with E-state index in [2.05, 4.69) is 15.5 Å². The van der Waals surface area contributed by atoms with Gasteiger partial charge in [-0.2, -0.15) is 10.2 Å². The van der Waals surface area contributed by atoms with Gasteiger partial charge in [0.25, 0.3) is 0 Å². The average Bonchev–Trinajstić information content (AvgIpc) is 3.05. The van der Waals surface area contributed by atoms with Crippen LogP contribution in [-0.2, 0) is 4.79 Å². The van der Waals surface area contributed by atoms with E-state index >= 15 is 0 Å². The minimum absolute atomic E-state index is 0.268. The maximum absolute atomic E-state index is 12.0. The normalized spacial score (nSPS) is 12.3. The molecule has 7 nitrogen and oxygen atoms in total. The van der Waals surface area contributed by atoms with Gasteiger partial charge >= 0.3 is 0 Å². The third-order valence-electron chi connectivity index (χ3n) is 3.33. The number of hydrogen-bond acceptors (Lipinski definition) is 6. The number of benzene rings is 1. The molecule has 0 saturated heterocycles. The Hall–Kier alpha value is -2.88. The average molecular weight is 314 g/mol. The van der Waals surface area contributed by atoms with E-state index in [9.17, 15) is 4.79 Å². The van der Waals surface area contributed by atoms with Crippen molar-refractivity contribution >= 4 is 5.91 Å². The number of methoxy groups -OCH3 is 1. The topological polar surface area (TPSA) is 101 Å². The van der Waals surface area contributed by atoms with Gasteiger partial charge in [-0.3, -0.25) is 4.79 Å². The zero-order valence-electron chi connectivity index (χ0n) is 13.5. The highest BCUT2D eigenvalue weighted by molar-refractivity contribution is 5.84. The summed E-state index contributed by atoms with van der Waals surface area (Å²) >= 11 is 0. The fraction of sp³-hybridized carbons (Fsp3) is 0.375. The van der Waals surface area contributed by atoms with Crippen molar-refractivity contribution in [1.82, 2.24) is 15.5 Å². The minimum Gasteiger partial charge on any atom is -0.497 e. The molecular weight excluding hydrogens is 296 g/mol. The number of nitrogens with zero attached hydrogens (tertiary/aromatic N) is 3. The zero-order chi connectivity index (χ0) is 17.0. The number of amides is 1. The van der Waals surface area contributed by atoms with Gasteiger partial charge in [0.2, 0.25) is 17.6 Å². The predicted molar refractivity (Wildman–Crippen MR) is 82.2 cm³/mol. The van der Waals surface area contributed by atoms with Crippen LogP contribution in [0.2, 0.25) is 0 Å². The van der Waals surface area contributed by atoms with Gasteiger partial charge in [-0.15, -0.1) is 0 Å². The molecule has 1 heterocycles. The van der Waals surface area contributed by atoms with Crippen LogP contribution in [0.5, 0.6) is 5.75 Å². The second kappa shape index (κ2) is 6.48. The number of carbonyl (C=O) groups is 1. The molecule has 2 rings (SSSR count). The Labute approximate surface area is 134 Å². The van der Waals surface area contributed by atoms with Gasteiger partial charge in [0.05, 0.1) is 13.2 Å². The smallest absolute Gasteiger partial charge is 0.249 e. The fourth-order valence-electron chi connectivity index (χ4n) is 1.78. The van der Waals surface area contributed by atoms with Crippen LogP contribution in [0.15, 0.2) is 28.8 Å². The Morgan fingerprint density at radius 1 is 1.48 bits per heavy atom. The Bertz CT molecular complexity index is 746. The standard InChI is InChI=1S/C16H18N4O3/c1-10(18-15(21)16(2,3)9-17)14-19-13(20-23-14)11-6-5-7-12(8-11)22-4/h5-8,10H,1-4H3,(H,18,21). The number of ether oxygens (including phenoxy) is 1. The maximum atomic E-state index is 12.0. The van der Waals surface area contributed by atoms with E-state index in [1.165, 1.54) is 0 Å². The molecule has 0 aliphatic rings. The molecule has 2 aromatic rings. The highest BCUT2D eigenvalue weighted by atomic mass is 16.5. The van der Waals surface area contributed by atoms with Gasteiger partial charge in [-0.05, 0) is 32.9 Å². The Balaban J connectivity index is 2.15. The molecule has 120 valence electrons. The second-order valence-corrected chi connectivity index (χ2v) is 5.62. The molecule has 0 fully saturated rings. The first-order valence-corrected chi connectivity index (χ1v) is 7.07. The monoisotopic (exact) mass is 314 g/mol. The molecular formula is C16H18N4O3. The lowest BCUT2D eigenvalue weighted by Gasteiger charge is -2.17. The van der Waals surface area contributed by atoms with Gasteiger partial charge in [0, 0.05) is 5.56 Å². The van der Waals surface area contributed by atoms with E-state index < -0.39 is 17.4 Å². The van der Waals surface area contributed by atoms with Crippen molar-refractivity contribution in [3.05, 3.63) is 30.2 Å². The fourth-order valence-corrected chi connectivity index (χ4v) is 1.78. The molecule has 7 heteroatoms. The van der Waals surface area contributed by atoms with Gasteiger partial charge < -0.3 is 14.6 Å². The minimum atomic E-state index is -1.12. The van der Waals surface area contributed by atoms with Crippen LogP contribution in [0.1, 0.15) is 32.7 Å². The number of rotatable bonds is 5. The summed E-state index contributed by atoms with van der Waals surface area (Å²) in [6, 6.07) is 8.71. The van der Waals surface area contributed by atoms with E-state index in [1.807, 2.05) is 24.3 Å². The summed E-state index contributed by atoms with van der Waals surface area (Å²) in [7, 11) is 1.58. The van der Waals surface area contributed by atoms with E-state index in [-0.39, 0.29) is 5.89 Å². The molecule has 1 aromatic carbocycles. The van der Waals surface area contributed by atoms with Crippen molar-refractivity contribution in [3.63, 3.8) is 0 Å². The van der Waals surface area contributed by atoms with Crippen molar-refractivity contribution in [3.8, 4) is 23.2 Å². The Morgan fingerprint density at radius 2 is 2.22 bits per heavy atom. The molecule has 0 aliphatic carbocycles. The number of nitriles is 1. The van der Waals surface area contributed by atoms with Crippen LogP contribution in [0.25, 0.3) is 11.4 Å². The van der Waals surface area contributed by atoms with E-state index in [1.54, 1.807) is 33.9 Å². The summed E-state index contributed by atoms with van der Waals surface area (Å²) in [4.78, 5) is 16.3. The van der Waals surface area contributed by atoms with Crippen molar-refractivity contribution < 1.29 is 14.1 Å². The number of hydrogen-bond donors (Lipinski definition) is 1. The molecule has 1 N–H and O–H groups in total. The summed E-state index contributed by atoms with van der Waals surface area (Å²) < 4.78 is 10.4. The lowest BCUT2D eigenvalue weighted by molar-refractivity contribution is -0.127. The van der Waals surface area contributed by atoms with E-state index in [0.717, 1.165) is 5.56 Å². The Morgan fingerprint density at radius 3 is 2.87 bits per heavy atom. The molecule has 0 spiro atoms. The van der Waals surface area contributed by atoms with Gasteiger partial charge in [-0.1, -0.05) is 17.3 Å². The number of nitrogens with one attached hydrogen (secondary N) is 1. The van der Waals surface area contributed by atoms with Crippen LogP contribution in [0, 0.1) is 16.7 Å². The Kier molecular flexibility index (Phi) is 4.65. The second-order valence-electron chi connectivity index (χ2n) is 5.62. The van der Waals surface area contributed by atoms with Crippen LogP contribution < -0.4 is 10.1 Å². The number of carbonyl (C=O) groups excluding carboxylic acids is 1. The summed E-state index contributed by atoms with van der Waals surface area (Å²) in [6.45, 7) is 4.81. The van der Waals surface area contributed by atoms with Crippen molar-refractivity contribution in [2.75, 3.05) is 7.11 Å². The van der Waals surface area contributed by atoms with Crippen LogP contribution in [0.4, 0.5) is 0 Å². The van der Waals surface area contributed by atoms with Gasteiger partial charge in [0.15, 0.2) is 0 Å². The van der Waals surface area contributed by atoms with Crippen molar-refractivity contribution in [2.24, 2.45) is 5.41 Å². The highest BCUT2D eigenvalue weighted by Crippen LogP contribution is 2.23. The first kappa shape index (κ1) is 16.5. The zero-order valence-corrected chi connectivity index (χ0v) is 13.5. The molecule has 23 heavy (non-hydrogen) atoms. The first-order chi connectivity index (χ1) is 10.9. The van der Waals surface area contributed by atoms with E-state index in [4.69, 9.17) is 14.5 Å². The maximum Gasteiger partial charge on any atom is 0.249 e. The van der Waals surface area contributed by atoms with Gasteiger partial charge in [0.1, 0.15) is 17.2 Å². The molecule has 1 atom stereocenters. The molecule has 1 unspecified atom stereocenters. The van der Waals surface area contributed by atoms with Gasteiger partial charge in [-0.25, -0.2) is 0 Å². The summed E-state index contributed by atoms with van der Waals surface area (Å²) in [5.74, 6) is 0.962. The molecule has 0 aliphatic heterocycles. The summed E-state index contributed by atoms with van der Waals surface area (Å²) in [5, 5.41) is 15.6. The van der Waals surface area contributed by atoms with Crippen LogP contribution in [-0.4, -0.2) is 23.2 Å². The summed E-state index contributed by atoms with van der Waals surface area (Å²) in [5.41, 5.74) is -0.376. The quantitative estimate of drug-likeness (QED) is 0.909. The molecule has 0 bridgehead atoms. The molecule has 0 saturated carbocycles. The number of aromatic nitrogens is 2. The summed E-state index contributed by atoms with van der Waals surface area (Å²) in [6.07, 6.45) is 0. The third-order valence-corrected chi connectivity index (χ3v) is 3.33. The molecule has 1 amide bonds. The lowest BCUT2D eigenvalue weighted by Crippen LogP contribution is -2.37. The van der Waals surface area contributed by atoms with Crippen LogP contribution in [0.3, 0.4) is 0 Å². The van der Waals surface area contributed by atoms with E-state index in [0.29, 0.717) is 11.6 Å². The largest absolute Gasteiger partial charge is 0.497 e. The van der Waals surface area contributed by atoms with Crippen molar-refractivity contribution in [1.29, 1.82) is 5.26 Å². The molecule has 1 aromatic heterocycles. The first-order valence-electron chi connectivity index (χ1n) is 7.07. The van der Waals surface area contributed by atoms with Crippen LogP contribution >= 0.6 is 0 Å². The third kappa shape index (κ3) is 3.66. The molecule has 0 radical (unpaired) electrons. The predicted octanol–water partition coefficient (Wildman–Crippen LogP) is 2.47. The van der Waals surface area contributed by atoms with Crippen molar-refractivity contribution in [2.45, 2.75) is 26.8 Å². The SMILES string of the molecule is COc1cccc(-c2noc(C(C)NC(=O)C(C)(C)C#N)n2)c1.